The van der Waals surface area contributed by atoms with Crippen molar-refractivity contribution in [3.63, 3.8) is 0 Å². The van der Waals surface area contributed by atoms with Gasteiger partial charge in [0.1, 0.15) is 0 Å². The third kappa shape index (κ3) is 5.11. The predicted octanol–water partition coefficient (Wildman–Crippen LogP) is 13.6. The van der Waals surface area contributed by atoms with Crippen LogP contribution in [-0.4, -0.2) is 0 Å². The summed E-state index contributed by atoms with van der Waals surface area (Å²) in [4.78, 5) is 2.43. The summed E-state index contributed by atoms with van der Waals surface area (Å²) in [6, 6.07) is 68.6. The Bertz CT molecular complexity index is 2470. The second-order valence-electron chi connectivity index (χ2n) is 13.8. The molecule has 0 unspecified atom stereocenters. The molecule has 9 rings (SSSR count). The highest BCUT2D eigenvalue weighted by Crippen LogP contribution is 2.54. The molecule has 1 aliphatic carbocycles. The minimum Gasteiger partial charge on any atom is -0.310 e. The average Bonchev–Trinajstić information content (AvgIpc) is 3.42. The molecular weight excluding hydrogens is 603 g/mol. The summed E-state index contributed by atoms with van der Waals surface area (Å²) in [6.45, 7) is 4.70. The lowest BCUT2D eigenvalue weighted by atomic mass is 9.82. The zero-order valence-electron chi connectivity index (χ0n) is 28.3. The van der Waals surface area contributed by atoms with Crippen LogP contribution in [0.2, 0.25) is 0 Å². The summed E-state index contributed by atoms with van der Waals surface area (Å²) in [5, 5.41) is 2.52. The zero-order chi connectivity index (χ0) is 33.7. The Hall–Kier alpha value is -6.18. The van der Waals surface area contributed by atoms with E-state index >= 15 is 0 Å². The van der Waals surface area contributed by atoms with Gasteiger partial charge in [-0.25, -0.2) is 0 Å². The van der Waals surface area contributed by atoms with Crippen molar-refractivity contribution in [3.8, 4) is 44.5 Å². The second-order valence-corrected chi connectivity index (χ2v) is 13.8. The van der Waals surface area contributed by atoms with E-state index in [1.54, 1.807) is 0 Å². The molecule has 0 N–H and O–H groups in total. The number of hydrogen-bond acceptors (Lipinski definition) is 1. The van der Waals surface area contributed by atoms with Crippen LogP contribution in [0.15, 0.2) is 188 Å². The van der Waals surface area contributed by atoms with Crippen LogP contribution in [0, 0.1) is 0 Å². The van der Waals surface area contributed by atoms with Gasteiger partial charge in [0.25, 0.3) is 0 Å². The van der Waals surface area contributed by atoms with Crippen LogP contribution >= 0.6 is 0 Å². The zero-order valence-corrected chi connectivity index (χ0v) is 28.3. The molecule has 0 aromatic heterocycles. The first kappa shape index (κ1) is 29.9. The Morgan fingerprint density at radius 1 is 0.360 bits per heavy atom. The number of benzene rings is 8. The Morgan fingerprint density at radius 2 is 0.840 bits per heavy atom. The van der Waals surface area contributed by atoms with Gasteiger partial charge in [-0.05, 0) is 97.2 Å². The summed E-state index contributed by atoms with van der Waals surface area (Å²) in [5.41, 5.74) is 16.0. The molecule has 0 spiro atoms. The largest absolute Gasteiger partial charge is 0.310 e. The quantitative estimate of drug-likeness (QED) is 0.175. The first-order valence-electron chi connectivity index (χ1n) is 17.4. The van der Waals surface area contributed by atoms with Crippen molar-refractivity contribution in [3.05, 3.63) is 199 Å². The molecule has 0 radical (unpaired) electrons. The fourth-order valence-corrected chi connectivity index (χ4v) is 7.81. The van der Waals surface area contributed by atoms with Crippen molar-refractivity contribution in [1.29, 1.82) is 0 Å². The standard InChI is InChI=1S/C49H37N/c1-49(2)45-16-9-8-15-44(45)48-46(49)17-10-18-47(48)50(43-31-27-39(28-32-43)41-24-23-35-13-6-7-14-40(35)33-41)42-29-25-38(26-30-42)37-21-19-36(20-22-37)34-11-4-3-5-12-34/h3-33H,1-2H3. The lowest BCUT2D eigenvalue weighted by molar-refractivity contribution is 0.660. The van der Waals surface area contributed by atoms with E-state index in [4.69, 9.17) is 0 Å². The van der Waals surface area contributed by atoms with Crippen LogP contribution in [0.25, 0.3) is 55.3 Å². The van der Waals surface area contributed by atoms with Crippen molar-refractivity contribution in [2.45, 2.75) is 19.3 Å². The van der Waals surface area contributed by atoms with Crippen LogP contribution in [-0.2, 0) is 5.41 Å². The molecule has 0 fully saturated rings. The molecule has 0 bridgehead atoms. The molecule has 1 heteroatoms. The predicted molar refractivity (Wildman–Crippen MR) is 213 cm³/mol. The van der Waals surface area contributed by atoms with Gasteiger partial charge < -0.3 is 4.90 Å². The van der Waals surface area contributed by atoms with Crippen molar-refractivity contribution in [2.75, 3.05) is 4.90 Å². The number of anilines is 3. The average molecular weight is 640 g/mol. The molecule has 0 saturated heterocycles. The van der Waals surface area contributed by atoms with Gasteiger partial charge in [0.2, 0.25) is 0 Å². The number of fused-ring (bicyclic) bond motifs is 4. The van der Waals surface area contributed by atoms with Crippen LogP contribution < -0.4 is 4.90 Å². The molecule has 1 nitrogen and oxygen atoms in total. The number of nitrogens with zero attached hydrogens (tertiary/aromatic N) is 1. The molecule has 238 valence electrons. The maximum atomic E-state index is 2.43. The molecular formula is C49H37N. The van der Waals surface area contributed by atoms with Gasteiger partial charge in [0, 0.05) is 22.4 Å². The van der Waals surface area contributed by atoms with Gasteiger partial charge in [-0.2, -0.15) is 0 Å². The summed E-state index contributed by atoms with van der Waals surface area (Å²) in [5.74, 6) is 0. The first-order valence-corrected chi connectivity index (χ1v) is 17.4. The maximum Gasteiger partial charge on any atom is 0.0543 e. The van der Waals surface area contributed by atoms with Crippen molar-refractivity contribution in [2.24, 2.45) is 0 Å². The summed E-state index contributed by atoms with van der Waals surface area (Å²) >= 11 is 0. The maximum absolute atomic E-state index is 2.43. The molecule has 0 atom stereocenters. The van der Waals surface area contributed by atoms with E-state index in [0.717, 1.165) is 11.4 Å². The highest BCUT2D eigenvalue weighted by molar-refractivity contribution is 5.95. The van der Waals surface area contributed by atoms with E-state index in [0.29, 0.717) is 0 Å². The SMILES string of the molecule is CC1(C)c2ccccc2-c2c(N(c3ccc(-c4ccc(-c5ccccc5)cc4)cc3)c3ccc(-c4ccc5ccccc5c4)cc3)cccc21. The normalized spacial score (nSPS) is 12.8. The van der Waals surface area contributed by atoms with Crippen LogP contribution in [0.4, 0.5) is 17.1 Å². The molecule has 0 aliphatic heterocycles. The van der Waals surface area contributed by atoms with E-state index in [2.05, 4.69) is 207 Å². The molecule has 8 aromatic carbocycles. The van der Waals surface area contributed by atoms with Gasteiger partial charge in [-0.15, -0.1) is 0 Å². The van der Waals surface area contributed by atoms with Gasteiger partial charge in [-0.1, -0.05) is 166 Å². The van der Waals surface area contributed by atoms with Crippen LogP contribution in [0.5, 0.6) is 0 Å². The molecule has 0 saturated carbocycles. The van der Waals surface area contributed by atoms with Crippen LogP contribution in [0.1, 0.15) is 25.0 Å². The number of hydrogen-bond donors (Lipinski definition) is 0. The van der Waals surface area contributed by atoms with E-state index in [1.165, 1.54) is 72.1 Å². The van der Waals surface area contributed by atoms with E-state index in [9.17, 15) is 0 Å². The summed E-state index contributed by atoms with van der Waals surface area (Å²) < 4.78 is 0. The Kier molecular flexibility index (Phi) is 7.21. The van der Waals surface area contributed by atoms with Gasteiger partial charge in [0.15, 0.2) is 0 Å². The Labute approximate surface area is 294 Å². The number of rotatable bonds is 6. The molecule has 1 aliphatic rings. The van der Waals surface area contributed by atoms with Crippen molar-refractivity contribution in [1.82, 2.24) is 0 Å². The van der Waals surface area contributed by atoms with Gasteiger partial charge in [-0.3, -0.25) is 0 Å². The minimum absolute atomic E-state index is 0.0800. The van der Waals surface area contributed by atoms with Gasteiger partial charge >= 0.3 is 0 Å². The second kappa shape index (κ2) is 12.1. The molecule has 8 aromatic rings. The third-order valence-corrected chi connectivity index (χ3v) is 10.5. The van der Waals surface area contributed by atoms with Gasteiger partial charge in [0.05, 0.1) is 5.69 Å². The lowest BCUT2D eigenvalue weighted by Crippen LogP contribution is -2.16. The van der Waals surface area contributed by atoms with E-state index in [-0.39, 0.29) is 5.41 Å². The van der Waals surface area contributed by atoms with Crippen molar-refractivity contribution >= 4 is 27.8 Å². The fourth-order valence-electron chi connectivity index (χ4n) is 7.81. The van der Waals surface area contributed by atoms with E-state index < -0.39 is 0 Å². The fraction of sp³-hybridized carbons (Fsp3) is 0.0612. The molecule has 0 amide bonds. The first-order chi connectivity index (χ1) is 24.5. The smallest absolute Gasteiger partial charge is 0.0543 e. The monoisotopic (exact) mass is 639 g/mol. The Balaban J connectivity index is 1.14. The summed E-state index contributed by atoms with van der Waals surface area (Å²) in [7, 11) is 0. The third-order valence-electron chi connectivity index (χ3n) is 10.5. The van der Waals surface area contributed by atoms with E-state index in [1.807, 2.05) is 0 Å². The minimum atomic E-state index is -0.0800. The molecule has 50 heavy (non-hydrogen) atoms. The highest BCUT2D eigenvalue weighted by atomic mass is 15.1. The Morgan fingerprint density at radius 3 is 1.50 bits per heavy atom. The van der Waals surface area contributed by atoms with Crippen molar-refractivity contribution < 1.29 is 0 Å². The highest BCUT2D eigenvalue weighted by Gasteiger charge is 2.37. The topological polar surface area (TPSA) is 3.24 Å². The van der Waals surface area contributed by atoms with Crippen LogP contribution in [0.3, 0.4) is 0 Å². The summed E-state index contributed by atoms with van der Waals surface area (Å²) in [6.07, 6.45) is 0. The molecule has 0 heterocycles. The lowest BCUT2D eigenvalue weighted by Gasteiger charge is -2.29.